The Morgan fingerprint density at radius 2 is 0.946 bits per heavy atom. The molecule has 2 aliphatic heterocycles. The van der Waals surface area contributed by atoms with Gasteiger partial charge < -0.3 is 24.2 Å². The van der Waals surface area contributed by atoms with Crippen LogP contribution in [0.3, 0.4) is 0 Å². The highest BCUT2D eigenvalue weighted by atomic mass is 19.4. The van der Waals surface area contributed by atoms with E-state index in [-0.39, 0.29) is 60.2 Å². The van der Waals surface area contributed by atoms with E-state index in [1.54, 1.807) is 62.4 Å². The second-order valence-electron chi connectivity index (χ2n) is 17.9. The van der Waals surface area contributed by atoms with Gasteiger partial charge >= 0.3 is 36.4 Å². The first kappa shape index (κ1) is 55.7. The minimum absolute atomic E-state index is 0.000398. The summed E-state index contributed by atoms with van der Waals surface area (Å²) in [7, 11) is 1.95. The fraction of sp³-hybridized carbons (Fsp3) is 0.382. The number of unbranched alkanes of at least 4 members (excludes halogenated alkanes) is 4. The maximum Gasteiger partial charge on any atom is 0.416 e. The number of alkyl halides is 6. The maximum atomic E-state index is 14.5. The van der Waals surface area contributed by atoms with Crippen molar-refractivity contribution in [3.63, 3.8) is 0 Å². The Kier molecular flexibility index (Phi) is 18.3. The molecule has 2 heterocycles. The molecule has 6 rings (SSSR count). The van der Waals surface area contributed by atoms with Crippen LogP contribution in [-0.2, 0) is 31.4 Å². The summed E-state index contributed by atoms with van der Waals surface area (Å²) in [6.45, 7) is 7.78. The van der Waals surface area contributed by atoms with Crippen molar-refractivity contribution < 1.29 is 55.0 Å². The monoisotopic (exact) mass is 1030 g/mol. The van der Waals surface area contributed by atoms with Crippen molar-refractivity contribution in [2.24, 2.45) is 0 Å². The number of nitrogens with zero attached hydrogens (tertiary/aromatic N) is 7. The number of anilines is 2. The smallest absolute Gasteiger partial charge is 0.416 e. The van der Waals surface area contributed by atoms with E-state index in [2.05, 4.69) is 17.0 Å². The topological polar surface area (TPSA) is 151 Å². The molecule has 0 aliphatic carbocycles. The van der Waals surface area contributed by atoms with Crippen molar-refractivity contribution in [1.82, 2.24) is 14.7 Å². The van der Waals surface area contributed by atoms with Crippen molar-refractivity contribution >= 4 is 35.4 Å². The summed E-state index contributed by atoms with van der Waals surface area (Å²) in [5.74, 6) is -1.48. The highest BCUT2D eigenvalue weighted by Crippen LogP contribution is 2.44. The van der Waals surface area contributed by atoms with Crippen LogP contribution in [0.4, 0.5) is 47.3 Å². The van der Waals surface area contributed by atoms with Crippen molar-refractivity contribution in [2.75, 3.05) is 56.2 Å². The van der Waals surface area contributed by atoms with E-state index in [0.717, 1.165) is 34.1 Å². The highest BCUT2D eigenvalue weighted by Gasteiger charge is 2.45. The lowest BCUT2D eigenvalue weighted by atomic mass is 9.92. The standard InChI is InChI=1S/C55H57F6N7O6/c1-6-73-50(69)46-36(3)67(44-18-14-16-42(32-44)54(56,57)58)52(71)65(48(46)40-24-20-38(34-62)21-25-40)30-12-8-10-28-64(5)29-11-9-13-31-66-49(41-26-22-39(35-63)23-27-41)47(51(70)74-7-2)37(4)68(53(66)72)45-19-15-17-43(33-45)55(59,60)61/h14-27,32-33,48-49H,6-13,28-31H2,1-5H3/t48-,49-/m1/s1. The Balaban J connectivity index is 1.13. The molecule has 0 saturated heterocycles. The molecule has 0 spiro atoms. The van der Waals surface area contributed by atoms with Crippen molar-refractivity contribution in [2.45, 2.75) is 90.7 Å². The average molecular weight is 1030 g/mol. The Bertz CT molecular complexity index is 2640. The summed E-state index contributed by atoms with van der Waals surface area (Å²) in [4.78, 5) is 63.8. The lowest BCUT2D eigenvalue weighted by Gasteiger charge is -2.43. The summed E-state index contributed by atoms with van der Waals surface area (Å²) >= 11 is 0. The zero-order chi connectivity index (χ0) is 53.9. The summed E-state index contributed by atoms with van der Waals surface area (Å²) in [6, 6.07) is 22.3. The van der Waals surface area contributed by atoms with Gasteiger partial charge in [0, 0.05) is 24.5 Å². The lowest BCUT2D eigenvalue weighted by Crippen LogP contribution is -2.51. The molecule has 13 nitrogen and oxygen atoms in total. The first-order chi connectivity index (χ1) is 35.2. The van der Waals surface area contributed by atoms with Crippen LogP contribution in [0, 0.1) is 22.7 Å². The molecule has 4 aromatic carbocycles. The number of allylic oxidation sites excluding steroid dienone is 2. The highest BCUT2D eigenvalue weighted by molar-refractivity contribution is 6.04. The summed E-state index contributed by atoms with van der Waals surface area (Å²) < 4.78 is 94.3. The van der Waals surface area contributed by atoms with Gasteiger partial charge in [-0.2, -0.15) is 36.9 Å². The van der Waals surface area contributed by atoms with Crippen LogP contribution in [0.2, 0.25) is 0 Å². The van der Waals surface area contributed by atoms with Gasteiger partial charge in [0.1, 0.15) is 0 Å². The van der Waals surface area contributed by atoms with E-state index < -0.39 is 59.6 Å². The number of halogens is 6. The van der Waals surface area contributed by atoms with Gasteiger partial charge in [0.25, 0.3) is 0 Å². The minimum atomic E-state index is -4.70. The minimum Gasteiger partial charge on any atom is -0.463 e. The quantitative estimate of drug-likeness (QED) is 0.0479. The molecule has 2 atom stereocenters. The fourth-order valence-corrected chi connectivity index (χ4v) is 9.32. The van der Waals surface area contributed by atoms with E-state index in [9.17, 15) is 56.0 Å². The molecule has 2 aliphatic rings. The van der Waals surface area contributed by atoms with Crippen LogP contribution in [0.5, 0.6) is 0 Å². The normalized spacial score (nSPS) is 16.5. The Labute approximate surface area is 426 Å². The number of hydrogen-bond acceptors (Lipinski definition) is 9. The Morgan fingerprint density at radius 1 is 0.581 bits per heavy atom. The third-order valence-corrected chi connectivity index (χ3v) is 12.9. The number of ether oxygens (including phenoxy) is 2. The van der Waals surface area contributed by atoms with Gasteiger partial charge in [-0.15, -0.1) is 0 Å². The first-order valence-electron chi connectivity index (χ1n) is 24.3. The Morgan fingerprint density at radius 3 is 1.27 bits per heavy atom. The molecule has 0 unspecified atom stereocenters. The summed E-state index contributed by atoms with van der Waals surface area (Å²) in [5.41, 5.74) is -0.00526. The number of benzene rings is 4. The van der Waals surface area contributed by atoms with Gasteiger partial charge in [0.05, 0.1) is 82.2 Å². The molecule has 0 fully saturated rings. The molecular formula is C55H57F6N7O6. The number of carbonyl (C=O) groups excluding carboxylic acids is 4. The molecule has 0 saturated carbocycles. The second kappa shape index (κ2) is 24.4. The molecule has 4 aromatic rings. The zero-order valence-corrected chi connectivity index (χ0v) is 41.7. The number of hydrogen-bond donors (Lipinski definition) is 0. The van der Waals surface area contributed by atoms with Crippen LogP contribution in [0.15, 0.2) is 120 Å². The zero-order valence-electron chi connectivity index (χ0n) is 41.7. The lowest BCUT2D eigenvalue weighted by molar-refractivity contribution is -0.140. The summed E-state index contributed by atoms with van der Waals surface area (Å²) in [6.07, 6.45) is -5.84. The molecule has 4 amide bonds. The third kappa shape index (κ3) is 12.7. The molecule has 390 valence electrons. The molecule has 0 N–H and O–H groups in total. The Hall–Kier alpha value is -7.64. The molecule has 74 heavy (non-hydrogen) atoms. The predicted molar refractivity (Wildman–Crippen MR) is 264 cm³/mol. The SMILES string of the molecule is CCOC(=O)C1=C(C)N(c2cccc(C(F)(F)F)c2)C(=O)N(CCCCCN(C)CCCCCN2C(=O)N(c3cccc(C(F)(F)F)c3)C(C)=C(C(=O)OCC)[C@H]2c2ccc(C#N)cc2)[C@@H]1c1ccc(C#N)cc1. The van der Waals surface area contributed by atoms with Gasteiger partial charge in [-0.25, -0.2) is 19.2 Å². The van der Waals surface area contributed by atoms with E-state index in [0.29, 0.717) is 73.9 Å². The van der Waals surface area contributed by atoms with Gasteiger partial charge in [-0.1, -0.05) is 49.2 Å². The van der Waals surface area contributed by atoms with E-state index >= 15 is 0 Å². The molecule has 0 bridgehead atoms. The van der Waals surface area contributed by atoms with Gasteiger partial charge in [0.15, 0.2) is 0 Å². The maximum absolute atomic E-state index is 14.5. The number of esters is 2. The number of rotatable bonds is 20. The van der Waals surface area contributed by atoms with E-state index in [4.69, 9.17) is 9.47 Å². The van der Waals surface area contributed by atoms with Crippen molar-refractivity contribution in [3.8, 4) is 12.1 Å². The summed E-state index contributed by atoms with van der Waals surface area (Å²) in [5, 5.41) is 19.0. The first-order valence-corrected chi connectivity index (χ1v) is 24.3. The van der Waals surface area contributed by atoms with E-state index in [1.165, 1.54) is 47.9 Å². The molecular weight excluding hydrogens is 969 g/mol. The molecule has 0 radical (unpaired) electrons. The van der Waals surface area contributed by atoms with Crippen LogP contribution in [0.1, 0.15) is 112 Å². The number of carbonyl (C=O) groups is 4. The van der Waals surface area contributed by atoms with Gasteiger partial charge in [-0.05, 0) is 145 Å². The van der Waals surface area contributed by atoms with Crippen LogP contribution in [0.25, 0.3) is 0 Å². The largest absolute Gasteiger partial charge is 0.463 e. The average Bonchev–Trinajstić information content (AvgIpc) is 3.37. The number of amides is 4. The predicted octanol–water partition coefficient (Wildman–Crippen LogP) is 12.1. The van der Waals surface area contributed by atoms with Crippen molar-refractivity contribution in [3.05, 3.63) is 153 Å². The van der Waals surface area contributed by atoms with Crippen LogP contribution in [-0.4, -0.2) is 85.1 Å². The van der Waals surface area contributed by atoms with E-state index in [1.807, 2.05) is 7.05 Å². The van der Waals surface area contributed by atoms with Crippen LogP contribution >= 0.6 is 0 Å². The van der Waals surface area contributed by atoms with Crippen LogP contribution < -0.4 is 9.80 Å². The van der Waals surface area contributed by atoms with Crippen molar-refractivity contribution in [1.29, 1.82) is 10.5 Å². The number of urea groups is 2. The molecule has 19 heteroatoms. The van der Waals surface area contributed by atoms with Gasteiger partial charge in [0.2, 0.25) is 0 Å². The van der Waals surface area contributed by atoms with Gasteiger partial charge in [-0.3, -0.25) is 9.80 Å². The fourth-order valence-electron chi connectivity index (χ4n) is 9.32. The third-order valence-electron chi connectivity index (χ3n) is 12.9. The molecule has 0 aromatic heterocycles. The number of nitriles is 2. The second-order valence-corrected chi connectivity index (χ2v) is 17.9.